The quantitative estimate of drug-likeness (QED) is 0.318. The molecule has 0 atom stereocenters. The predicted octanol–water partition coefficient (Wildman–Crippen LogP) is 4.59. The number of thioether (sulfide) groups is 1. The van der Waals surface area contributed by atoms with Gasteiger partial charge in [0, 0.05) is 16.1 Å². The molecule has 32 heavy (non-hydrogen) atoms. The van der Waals surface area contributed by atoms with Gasteiger partial charge in [0.1, 0.15) is 0 Å². The molecule has 0 aliphatic rings. The van der Waals surface area contributed by atoms with Crippen LogP contribution in [-0.4, -0.2) is 37.7 Å². The van der Waals surface area contributed by atoms with E-state index in [1.807, 2.05) is 37.3 Å². The van der Waals surface area contributed by atoms with E-state index < -0.39 is 0 Å². The van der Waals surface area contributed by atoms with E-state index in [0.717, 1.165) is 11.3 Å². The minimum Gasteiger partial charge on any atom is -0.325 e. The molecule has 160 valence electrons. The summed E-state index contributed by atoms with van der Waals surface area (Å²) in [5.74, 6) is -0.452. The van der Waals surface area contributed by atoms with Gasteiger partial charge in [-0.3, -0.25) is 9.59 Å². The number of aromatic nitrogens is 4. The molecule has 1 N–H and O–H groups in total. The minimum atomic E-state index is -0.293. The highest BCUT2D eigenvalue weighted by Gasteiger charge is 2.17. The third-order valence-electron chi connectivity index (χ3n) is 4.65. The van der Waals surface area contributed by atoms with Crippen molar-refractivity contribution in [2.24, 2.45) is 0 Å². The number of hydrogen-bond acceptors (Lipinski definition) is 6. The van der Waals surface area contributed by atoms with Crippen molar-refractivity contribution >= 4 is 40.7 Å². The summed E-state index contributed by atoms with van der Waals surface area (Å²) >= 11 is 7.31. The Labute approximate surface area is 193 Å². The van der Waals surface area contributed by atoms with E-state index in [4.69, 9.17) is 11.6 Å². The Kier molecular flexibility index (Phi) is 6.63. The van der Waals surface area contributed by atoms with Crippen LogP contribution in [-0.2, 0) is 4.79 Å². The van der Waals surface area contributed by atoms with Crippen molar-refractivity contribution in [2.45, 2.75) is 12.1 Å². The van der Waals surface area contributed by atoms with E-state index in [9.17, 15) is 9.59 Å². The number of nitrogens with zero attached hydrogens (tertiary/aromatic N) is 4. The number of nitrogens with one attached hydrogen (secondary N) is 1. The predicted molar refractivity (Wildman–Crippen MR) is 125 cm³/mol. The molecule has 0 aliphatic carbocycles. The fourth-order valence-electron chi connectivity index (χ4n) is 3.10. The number of amides is 1. The molecule has 1 amide bonds. The number of hydrogen-bond donors (Lipinski definition) is 1. The Morgan fingerprint density at radius 1 is 1.03 bits per heavy atom. The van der Waals surface area contributed by atoms with Crippen LogP contribution < -0.4 is 5.32 Å². The first kappa shape index (κ1) is 21.7. The summed E-state index contributed by atoms with van der Waals surface area (Å²) in [5, 5.41) is 15.5. The molecule has 0 radical (unpaired) electrons. The van der Waals surface area contributed by atoms with Gasteiger partial charge in [0.2, 0.25) is 11.1 Å². The van der Waals surface area contributed by atoms with Gasteiger partial charge < -0.3 is 5.32 Å². The van der Waals surface area contributed by atoms with Crippen LogP contribution in [0.15, 0.2) is 78.0 Å². The number of halogens is 1. The summed E-state index contributed by atoms with van der Waals surface area (Å²) in [4.78, 5) is 25.6. The van der Waals surface area contributed by atoms with E-state index in [1.165, 1.54) is 11.8 Å². The minimum absolute atomic E-state index is 0.0633. The average molecular weight is 464 g/mol. The van der Waals surface area contributed by atoms with Crippen LogP contribution in [0.5, 0.6) is 0 Å². The molecule has 0 bridgehead atoms. The molecule has 4 aromatic rings. The van der Waals surface area contributed by atoms with Crippen LogP contribution in [0.25, 0.3) is 5.69 Å². The van der Waals surface area contributed by atoms with Crippen molar-refractivity contribution < 1.29 is 9.59 Å². The molecule has 0 saturated carbocycles. The summed E-state index contributed by atoms with van der Waals surface area (Å²) < 4.78 is 1.60. The third-order valence-corrected chi connectivity index (χ3v) is 5.81. The SMILES string of the molecule is Cc1ccccc1-n1nnnc1SCC(=O)Nc1ccc(Cl)cc1C(=O)c1ccccc1. The zero-order chi connectivity index (χ0) is 22.5. The molecule has 1 aromatic heterocycles. The van der Waals surface area contributed by atoms with Crippen LogP contribution in [0.4, 0.5) is 5.69 Å². The normalized spacial score (nSPS) is 10.7. The summed E-state index contributed by atoms with van der Waals surface area (Å²) in [6.45, 7) is 1.96. The second-order valence-electron chi connectivity index (χ2n) is 6.88. The van der Waals surface area contributed by atoms with E-state index in [0.29, 0.717) is 27.0 Å². The molecule has 9 heteroatoms. The highest BCUT2D eigenvalue weighted by Crippen LogP contribution is 2.25. The van der Waals surface area contributed by atoms with Crippen molar-refractivity contribution in [3.8, 4) is 5.69 Å². The molecule has 0 unspecified atom stereocenters. The van der Waals surface area contributed by atoms with Crippen molar-refractivity contribution in [3.63, 3.8) is 0 Å². The summed E-state index contributed by atoms with van der Waals surface area (Å²) in [6, 6.07) is 21.3. The molecule has 4 rings (SSSR count). The van der Waals surface area contributed by atoms with Crippen LogP contribution in [0.2, 0.25) is 5.02 Å². The van der Waals surface area contributed by atoms with Gasteiger partial charge in [0.15, 0.2) is 5.78 Å². The topological polar surface area (TPSA) is 89.8 Å². The Morgan fingerprint density at radius 3 is 2.56 bits per heavy atom. The highest BCUT2D eigenvalue weighted by atomic mass is 35.5. The first-order valence-corrected chi connectivity index (χ1v) is 11.1. The maximum absolute atomic E-state index is 12.9. The first-order valence-electron chi connectivity index (χ1n) is 9.69. The number of anilines is 1. The lowest BCUT2D eigenvalue weighted by atomic mass is 10.0. The van der Waals surface area contributed by atoms with Gasteiger partial charge in [-0.1, -0.05) is 71.9 Å². The van der Waals surface area contributed by atoms with Crippen molar-refractivity contribution in [3.05, 3.63) is 94.5 Å². The standard InChI is InChI=1S/C23H18ClN5O2S/c1-15-7-5-6-10-20(15)29-23(26-27-28-29)32-14-21(30)25-19-12-11-17(24)13-18(19)22(31)16-8-3-2-4-9-16/h2-13H,14H2,1H3,(H,25,30). The number of ketones is 1. The number of carbonyl (C=O) groups excluding carboxylic acids is 2. The van der Waals surface area contributed by atoms with Gasteiger partial charge in [-0.2, -0.15) is 4.68 Å². The first-order chi connectivity index (χ1) is 15.5. The fourth-order valence-corrected chi connectivity index (χ4v) is 3.95. The van der Waals surface area contributed by atoms with Gasteiger partial charge in [-0.05, 0) is 47.2 Å². The van der Waals surface area contributed by atoms with Gasteiger partial charge >= 0.3 is 0 Å². The summed E-state index contributed by atoms with van der Waals surface area (Å²) in [6.07, 6.45) is 0. The summed E-state index contributed by atoms with van der Waals surface area (Å²) in [5.41, 5.74) is 3.08. The molecule has 7 nitrogen and oxygen atoms in total. The van der Waals surface area contributed by atoms with Gasteiger partial charge in [-0.25, -0.2) is 0 Å². The van der Waals surface area contributed by atoms with Crippen molar-refractivity contribution in [2.75, 3.05) is 11.1 Å². The maximum atomic E-state index is 12.9. The molecular weight excluding hydrogens is 446 g/mol. The second kappa shape index (κ2) is 9.76. The lowest BCUT2D eigenvalue weighted by molar-refractivity contribution is -0.113. The molecule has 1 heterocycles. The number of rotatable bonds is 7. The zero-order valence-corrected chi connectivity index (χ0v) is 18.6. The van der Waals surface area contributed by atoms with E-state index in [1.54, 1.807) is 47.1 Å². The van der Waals surface area contributed by atoms with E-state index >= 15 is 0 Å². The molecule has 3 aromatic carbocycles. The maximum Gasteiger partial charge on any atom is 0.234 e. The smallest absolute Gasteiger partial charge is 0.234 e. The Morgan fingerprint density at radius 2 is 1.78 bits per heavy atom. The van der Waals surface area contributed by atoms with E-state index in [2.05, 4.69) is 20.8 Å². The highest BCUT2D eigenvalue weighted by molar-refractivity contribution is 7.99. The number of para-hydroxylation sites is 1. The number of tetrazole rings is 1. The Hall–Kier alpha value is -3.49. The number of aryl methyl sites for hydroxylation is 1. The molecule has 0 spiro atoms. The van der Waals surface area contributed by atoms with Crippen LogP contribution >= 0.6 is 23.4 Å². The summed E-state index contributed by atoms with van der Waals surface area (Å²) in [7, 11) is 0. The van der Waals surface area contributed by atoms with Gasteiger partial charge in [0.25, 0.3) is 0 Å². The van der Waals surface area contributed by atoms with Crippen molar-refractivity contribution in [1.82, 2.24) is 20.2 Å². The zero-order valence-electron chi connectivity index (χ0n) is 17.0. The largest absolute Gasteiger partial charge is 0.325 e. The van der Waals surface area contributed by atoms with Crippen LogP contribution in [0.3, 0.4) is 0 Å². The molecule has 0 aliphatic heterocycles. The Balaban J connectivity index is 1.49. The van der Waals surface area contributed by atoms with Crippen molar-refractivity contribution in [1.29, 1.82) is 0 Å². The van der Waals surface area contributed by atoms with Crippen LogP contribution in [0.1, 0.15) is 21.5 Å². The number of carbonyl (C=O) groups is 2. The van der Waals surface area contributed by atoms with Gasteiger partial charge in [0.05, 0.1) is 17.1 Å². The average Bonchev–Trinajstić information content (AvgIpc) is 3.27. The monoisotopic (exact) mass is 463 g/mol. The van der Waals surface area contributed by atoms with E-state index in [-0.39, 0.29) is 17.4 Å². The third kappa shape index (κ3) is 4.87. The molecule has 0 saturated heterocycles. The van der Waals surface area contributed by atoms with Crippen LogP contribution in [0, 0.1) is 6.92 Å². The number of benzene rings is 3. The Bertz CT molecular complexity index is 1280. The molecule has 0 fully saturated rings. The van der Waals surface area contributed by atoms with Gasteiger partial charge in [-0.15, -0.1) is 5.10 Å². The lowest BCUT2D eigenvalue weighted by Crippen LogP contribution is -2.17. The second-order valence-corrected chi connectivity index (χ2v) is 8.26. The fraction of sp³-hybridized carbons (Fsp3) is 0.0870. The molecular formula is C23H18ClN5O2S. The lowest BCUT2D eigenvalue weighted by Gasteiger charge is -2.11.